The molecule has 0 aromatic heterocycles. The van der Waals surface area contributed by atoms with Crippen LogP contribution < -0.4 is 15.8 Å². The Labute approximate surface area is 182 Å². The number of anilines is 2. The zero-order chi connectivity index (χ0) is 21.7. The van der Waals surface area contributed by atoms with Crippen molar-refractivity contribution in [3.8, 4) is 0 Å². The van der Waals surface area contributed by atoms with Crippen LogP contribution >= 0.6 is 15.9 Å². The van der Waals surface area contributed by atoms with Crippen LogP contribution in [0.25, 0.3) is 0 Å². The fourth-order valence-corrected chi connectivity index (χ4v) is 3.86. The van der Waals surface area contributed by atoms with Crippen molar-refractivity contribution in [3.05, 3.63) is 94.0 Å². The Bertz CT molecular complexity index is 1190. The maximum Gasteiger partial charge on any atom is 0.257 e. The van der Waals surface area contributed by atoms with E-state index in [0.717, 1.165) is 0 Å². The van der Waals surface area contributed by atoms with Crippen LogP contribution in [0.5, 0.6) is 0 Å². The maximum absolute atomic E-state index is 12.7. The first kappa shape index (κ1) is 21.7. The van der Waals surface area contributed by atoms with Crippen LogP contribution in [0.2, 0.25) is 0 Å². The Hall–Kier alpha value is -3.01. The lowest BCUT2D eigenvalue weighted by atomic mass is 10.1. The van der Waals surface area contributed by atoms with Gasteiger partial charge in [-0.25, -0.2) is 13.6 Å². The van der Waals surface area contributed by atoms with E-state index in [0.29, 0.717) is 27.0 Å². The van der Waals surface area contributed by atoms with E-state index in [1.54, 1.807) is 72.8 Å². The van der Waals surface area contributed by atoms with Gasteiger partial charge in [0.25, 0.3) is 11.8 Å². The Morgan fingerprint density at radius 1 is 0.800 bits per heavy atom. The monoisotopic (exact) mass is 487 g/mol. The average molecular weight is 488 g/mol. The summed E-state index contributed by atoms with van der Waals surface area (Å²) in [6, 6.07) is 19.9. The standard InChI is InChI=1S/C21H18BrN3O4S/c22-18-7-3-1-5-16(18)20(26)25-19-8-4-2-6-17(19)21(27)24-15-11-9-14(10-12-15)13-30(23,28)29/h1-12H,13H2,(H,24,27)(H,25,26)(H2,23,28,29). The fourth-order valence-electron chi connectivity index (χ4n) is 2.74. The van der Waals surface area contributed by atoms with Gasteiger partial charge in [-0.1, -0.05) is 36.4 Å². The van der Waals surface area contributed by atoms with Gasteiger partial charge in [0.05, 0.1) is 22.6 Å². The number of para-hydroxylation sites is 1. The van der Waals surface area contributed by atoms with Crippen molar-refractivity contribution in [2.24, 2.45) is 5.14 Å². The number of rotatable bonds is 6. The molecule has 0 aliphatic heterocycles. The smallest absolute Gasteiger partial charge is 0.257 e. The van der Waals surface area contributed by atoms with Gasteiger partial charge in [-0.2, -0.15) is 0 Å². The van der Waals surface area contributed by atoms with Crippen molar-refractivity contribution in [2.45, 2.75) is 5.75 Å². The molecule has 0 bridgehead atoms. The van der Waals surface area contributed by atoms with Gasteiger partial charge in [0, 0.05) is 10.2 Å². The molecular weight excluding hydrogens is 470 g/mol. The molecule has 0 saturated heterocycles. The minimum Gasteiger partial charge on any atom is -0.322 e. The van der Waals surface area contributed by atoms with Gasteiger partial charge in [-0.05, 0) is 57.9 Å². The summed E-state index contributed by atoms with van der Waals surface area (Å²) in [6.45, 7) is 0. The van der Waals surface area contributed by atoms with Crippen LogP contribution in [0.3, 0.4) is 0 Å². The number of hydrogen-bond donors (Lipinski definition) is 3. The molecule has 154 valence electrons. The summed E-state index contributed by atoms with van der Waals surface area (Å²) in [6.07, 6.45) is 0. The zero-order valence-electron chi connectivity index (χ0n) is 15.6. The predicted molar refractivity (Wildman–Crippen MR) is 120 cm³/mol. The van der Waals surface area contributed by atoms with Gasteiger partial charge in [0.15, 0.2) is 0 Å². The van der Waals surface area contributed by atoms with Crippen molar-refractivity contribution in [2.75, 3.05) is 10.6 Å². The van der Waals surface area contributed by atoms with E-state index >= 15 is 0 Å². The first-order valence-corrected chi connectivity index (χ1v) is 11.3. The highest BCUT2D eigenvalue weighted by molar-refractivity contribution is 9.10. The van der Waals surface area contributed by atoms with Crippen LogP contribution in [0.15, 0.2) is 77.3 Å². The zero-order valence-corrected chi connectivity index (χ0v) is 18.0. The summed E-state index contributed by atoms with van der Waals surface area (Å²) in [4.78, 5) is 25.3. The molecule has 0 spiro atoms. The number of primary sulfonamides is 1. The molecule has 3 aromatic rings. The molecule has 30 heavy (non-hydrogen) atoms. The third-order valence-corrected chi connectivity index (χ3v) is 5.55. The highest BCUT2D eigenvalue weighted by Crippen LogP contribution is 2.21. The topological polar surface area (TPSA) is 118 Å². The minimum absolute atomic E-state index is 0.284. The number of hydrogen-bond acceptors (Lipinski definition) is 4. The maximum atomic E-state index is 12.7. The molecule has 3 aromatic carbocycles. The van der Waals surface area contributed by atoms with Gasteiger partial charge >= 0.3 is 0 Å². The van der Waals surface area contributed by atoms with Gasteiger partial charge in [0.2, 0.25) is 10.0 Å². The summed E-state index contributed by atoms with van der Waals surface area (Å²) in [7, 11) is -3.63. The Morgan fingerprint density at radius 3 is 2.00 bits per heavy atom. The Morgan fingerprint density at radius 2 is 1.37 bits per heavy atom. The SMILES string of the molecule is NS(=O)(=O)Cc1ccc(NC(=O)c2ccccc2NC(=O)c2ccccc2Br)cc1. The molecule has 3 rings (SSSR count). The van der Waals surface area contributed by atoms with Crippen molar-refractivity contribution < 1.29 is 18.0 Å². The minimum atomic E-state index is -3.63. The van der Waals surface area contributed by atoms with E-state index in [1.165, 1.54) is 0 Å². The summed E-state index contributed by atoms with van der Waals surface area (Å²) in [5.74, 6) is -1.06. The molecule has 0 saturated carbocycles. The predicted octanol–water partition coefficient (Wildman–Crippen LogP) is 3.74. The number of amides is 2. The highest BCUT2D eigenvalue weighted by Gasteiger charge is 2.16. The van der Waals surface area contributed by atoms with Crippen molar-refractivity contribution in [1.29, 1.82) is 0 Å². The van der Waals surface area contributed by atoms with Crippen molar-refractivity contribution in [1.82, 2.24) is 0 Å². The second-order valence-corrected chi connectivity index (χ2v) is 8.91. The highest BCUT2D eigenvalue weighted by atomic mass is 79.9. The first-order valence-electron chi connectivity index (χ1n) is 8.78. The quantitative estimate of drug-likeness (QED) is 0.490. The molecule has 7 nitrogen and oxygen atoms in total. The number of nitrogens with two attached hydrogens (primary N) is 1. The number of sulfonamides is 1. The van der Waals surface area contributed by atoms with E-state index < -0.39 is 15.9 Å². The largest absolute Gasteiger partial charge is 0.322 e. The van der Waals surface area contributed by atoms with Crippen LogP contribution in [0, 0.1) is 0 Å². The number of carbonyl (C=O) groups excluding carboxylic acids is 2. The lowest BCUT2D eigenvalue weighted by Gasteiger charge is -2.12. The number of carbonyl (C=O) groups is 2. The van der Waals surface area contributed by atoms with Gasteiger partial charge < -0.3 is 10.6 Å². The van der Waals surface area contributed by atoms with E-state index in [9.17, 15) is 18.0 Å². The summed E-state index contributed by atoms with van der Waals surface area (Å²) >= 11 is 3.34. The first-order chi connectivity index (χ1) is 14.2. The lowest BCUT2D eigenvalue weighted by Crippen LogP contribution is -2.18. The Balaban J connectivity index is 1.76. The molecule has 0 aliphatic carbocycles. The molecule has 2 amide bonds. The molecule has 9 heteroatoms. The molecule has 0 heterocycles. The third-order valence-electron chi connectivity index (χ3n) is 4.12. The van der Waals surface area contributed by atoms with Crippen molar-refractivity contribution >= 4 is 49.1 Å². The average Bonchev–Trinajstić information content (AvgIpc) is 2.69. The van der Waals surface area contributed by atoms with E-state index in [4.69, 9.17) is 5.14 Å². The Kier molecular flexibility index (Phi) is 6.66. The molecule has 0 aliphatic rings. The molecule has 0 atom stereocenters. The summed E-state index contributed by atoms with van der Waals surface area (Å²) in [5.41, 5.74) is 2.08. The van der Waals surface area contributed by atoms with Crippen LogP contribution in [-0.2, 0) is 15.8 Å². The molecule has 0 fully saturated rings. The number of halogens is 1. The molecular formula is C21H18BrN3O4S. The summed E-state index contributed by atoms with van der Waals surface area (Å²) < 4.78 is 23.0. The van der Waals surface area contributed by atoms with Gasteiger partial charge in [0.1, 0.15) is 0 Å². The van der Waals surface area contributed by atoms with Gasteiger partial charge in [-0.3, -0.25) is 9.59 Å². The van der Waals surface area contributed by atoms with Gasteiger partial charge in [-0.15, -0.1) is 0 Å². The second kappa shape index (κ2) is 9.21. The van der Waals surface area contributed by atoms with Crippen LogP contribution in [0.1, 0.15) is 26.3 Å². The van der Waals surface area contributed by atoms with E-state index in [2.05, 4.69) is 26.6 Å². The third kappa shape index (κ3) is 5.76. The van der Waals surface area contributed by atoms with Crippen LogP contribution in [-0.4, -0.2) is 20.2 Å². The van der Waals surface area contributed by atoms with E-state index in [1.807, 2.05) is 0 Å². The molecule has 4 N–H and O–H groups in total. The van der Waals surface area contributed by atoms with Crippen LogP contribution in [0.4, 0.5) is 11.4 Å². The fraction of sp³-hybridized carbons (Fsp3) is 0.0476. The molecule has 0 radical (unpaired) electrons. The van der Waals surface area contributed by atoms with Crippen molar-refractivity contribution in [3.63, 3.8) is 0 Å². The summed E-state index contributed by atoms with van der Waals surface area (Å²) in [5, 5.41) is 10.5. The lowest BCUT2D eigenvalue weighted by molar-refractivity contribution is 0.102. The normalized spacial score (nSPS) is 11.0. The molecule has 0 unspecified atom stereocenters. The second-order valence-electron chi connectivity index (χ2n) is 6.44. The van der Waals surface area contributed by atoms with E-state index in [-0.39, 0.29) is 17.2 Å². The number of benzene rings is 3. The number of nitrogens with one attached hydrogen (secondary N) is 2.